The average Bonchev–Trinajstić information content (AvgIpc) is 2.98. The number of hydrogen-bond donors (Lipinski definition) is 1. The van der Waals surface area contributed by atoms with Crippen molar-refractivity contribution in [3.8, 4) is 0 Å². The lowest BCUT2D eigenvalue weighted by Crippen LogP contribution is -2.37. The second-order valence-electron chi connectivity index (χ2n) is 7.88. The number of imide groups is 1. The summed E-state index contributed by atoms with van der Waals surface area (Å²) >= 11 is 6.14. The molecule has 2 atom stereocenters. The molecule has 156 valence electrons. The number of likely N-dealkylation sites (tertiary alicyclic amines) is 1. The number of amides is 3. The molecule has 8 heteroatoms. The lowest BCUT2D eigenvalue weighted by Gasteiger charge is -2.30. The van der Waals surface area contributed by atoms with E-state index >= 15 is 0 Å². The van der Waals surface area contributed by atoms with Crippen LogP contribution in [0.4, 0.5) is 11.4 Å². The van der Waals surface area contributed by atoms with Crippen molar-refractivity contribution >= 4 is 40.7 Å². The van der Waals surface area contributed by atoms with Gasteiger partial charge < -0.3 is 15.0 Å². The molecular weight excluding hydrogens is 394 g/mol. The van der Waals surface area contributed by atoms with Gasteiger partial charge in [0.05, 0.1) is 36.4 Å². The van der Waals surface area contributed by atoms with Crippen LogP contribution in [0.15, 0.2) is 18.2 Å². The first-order valence-corrected chi connectivity index (χ1v) is 10.7. The third kappa shape index (κ3) is 4.26. The van der Waals surface area contributed by atoms with Gasteiger partial charge in [-0.2, -0.15) is 0 Å². The number of ether oxygens (including phenoxy) is 1. The van der Waals surface area contributed by atoms with Crippen LogP contribution in [0.1, 0.15) is 32.1 Å². The highest BCUT2D eigenvalue weighted by molar-refractivity contribution is 6.31. The number of carbonyl (C=O) groups is 3. The van der Waals surface area contributed by atoms with Gasteiger partial charge in [0, 0.05) is 31.1 Å². The molecule has 2 heterocycles. The van der Waals surface area contributed by atoms with Crippen molar-refractivity contribution in [3.05, 3.63) is 23.2 Å². The largest absolute Gasteiger partial charge is 0.378 e. The van der Waals surface area contributed by atoms with Gasteiger partial charge in [-0.1, -0.05) is 24.4 Å². The molecule has 29 heavy (non-hydrogen) atoms. The van der Waals surface area contributed by atoms with Crippen LogP contribution in [-0.4, -0.2) is 55.5 Å². The molecule has 0 bridgehead atoms. The van der Waals surface area contributed by atoms with Crippen molar-refractivity contribution in [2.24, 2.45) is 11.8 Å². The van der Waals surface area contributed by atoms with E-state index in [4.69, 9.17) is 16.3 Å². The minimum atomic E-state index is -0.239. The van der Waals surface area contributed by atoms with E-state index in [1.165, 1.54) is 4.90 Å². The van der Waals surface area contributed by atoms with Crippen molar-refractivity contribution in [1.82, 2.24) is 4.90 Å². The maximum Gasteiger partial charge on any atom is 0.233 e. The summed E-state index contributed by atoms with van der Waals surface area (Å²) in [4.78, 5) is 41.2. The lowest BCUT2D eigenvalue weighted by atomic mass is 9.81. The fourth-order valence-corrected chi connectivity index (χ4v) is 4.74. The quantitative estimate of drug-likeness (QED) is 0.742. The number of hydrogen-bond acceptors (Lipinski definition) is 5. The predicted octanol–water partition coefficient (Wildman–Crippen LogP) is 2.68. The number of halogens is 1. The van der Waals surface area contributed by atoms with Crippen molar-refractivity contribution in [2.45, 2.75) is 32.1 Å². The first-order chi connectivity index (χ1) is 14.0. The van der Waals surface area contributed by atoms with Crippen LogP contribution in [-0.2, 0) is 19.1 Å². The molecule has 3 fully saturated rings. The monoisotopic (exact) mass is 419 g/mol. The van der Waals surface area contributed by atoms with Gasteiger partial charge in [0.2, 0.25) is 17.7 Å². The van der Waals surface area contributed by atoms with E-state index in [1.54, 1.807) is 12.1 Å². The second-order valence-corrected chi connectivity index (χ2v) is 8.32. The number of benzene rings is 1. The highest BCUT2D eigenvalue weighted by atomic mass is 35.5. The van der Waals surface area contributed by atoms with Gasteiger partial charge in [-0.25, -0.2) is 0 Å². The maximum absolute atomic E-state index is 12.6. The number of fused-ring (bicyclic) bond motifs is 1. The zero-order valence-corrected chi connectivity index (χ0v) is 17.1. The fourth-order valence-electron chi connectivity index (χ4n) is 4.57. The number of anilines is 2. The standard InChI is InChI=1S/C21H26ClN3O4/c22-14-5-6-18(24-9-11-29-12-10-24)17(13-14)23-19(26)7-8-25-20(27)15-3-1-2-4-16(15)21(25)28/h5-6,13,15-16H,1-4,7-12H2,(H,23,26)/t15-,16+. The molecular formula is C21H26ClN3O4. The van der Waals surface area contributed by atoms with Gasteiger partial charge in [-0.15, -0.1) is 0 Å². The van der Waals surface area contributed by atoms with Crippen LogP contribution in [0.25, 0.3) is 0 Å². The van der Waals surface area contributed by atoms with Gasteiger partial charge in [-0.05, 0) is 31.0 Å². The Morgan fingerprint density at radius 2 is 1.76 bits per heavy atom. The summed E-state index contributed by atoms with van der Waals surface area (Å²) in [6.07, 6.45) is 3.62. The minimum absolute atomic E-state index is 0.0754. The van der Waals surface area contributed by atoms with Gasteiger partial charge in [0.15, 0.2) is 0 Å². The van der Waals surface area contributed by atoms with Gasteiger partial charge in [0.1, 0.15) is 0 Å². The van der Waals surface area contributed by atoms with Crippen molar-refractivity contribution < 1.29 is 19.1 Å². The second kappa shape index (κ2) is 8.71. The van der Waals surface area contributed by atoms with E-state index in [0.29, 0.717) is 23.9 Å². The van der Waals surface area contributed by atoms with E-state index in [2.05, 4.69) is 10.2 Å². The van der Waals surface area contributed by atoms with E-state index in [0.717, 1.165) is 44.5 Å². The average molecular weight is 420 g/mol. The zero-order chi connectivity index (χ0) is 20.4. The number of carbonyl (C=O) groups excluding carboxylic acids is 3. The molecule has 4 rings (SSSR count). The SMILES string of the molecule is O=C(CCN1C(=O)[C@H]2CCCC[C@H]2C1=O)Nc1cc(Cl)ccc1N1CCOCC1. The third-order valence-corrected chi connectivity index (χ3v) is 6.31. The Kier molecular flexibility index (Phi) is 6.06. The van der Waals surface area contributed by atoms with Crippen molar-refractivity contribution in [1.29, 1.82) is 0 Å². The summed E-state index contributed by atoms with van der Waals surface area (Å²) in [5.74, 6) is -0.814. The molecule has 1 N–H and O–H groups in total. The molecule has 1 aromatic carbocycles. The molecule has 0 unspecified atom stereocenters. The normalized spacial score (nSPS) is 24.6. The summed E-state index contributed by atoms with van der Waals surface area (Å²) in [6.45, 7) is 2.88. The minimum Gasteiger partial charge on any atom is -0.378 e. The van der Waals surface area contributed by atoms with E-state index in [-0.39, 0.29) is 42.5 Å². The summed E-state index contributed by atoms with van der Waals surface area (Å²) in [5.41, 5.74) is 1.53. The molecule has 1 aliphatic carbocycles. The van der Waals surface area contributed by atoms with Crippen LogP contribution < -0.4 is 10.2 Å². The lowest BCUT2D eigenvalue weighted by molar-refractivity contribution is -0.140. The zero-order valence-electron chi connectivity index (χ0n) is 16.4. The van der Waals surface area contributed by atoms with Crippen molar-refractivity contribution in [3.63, 3.8) is 0 Å². The van der Waals surface area contributed by atoms with Crippen LogP contribution in [0.3, 0.4) is 0 Å². The first-order valence-electron chi connectivity index (χ1n) is 10.3. The number of nitrogens with one attached hydrogen (secondary N) is 1. The Balaban J connectivity index is 1.39. The summed E-state index contributed by atoms with van der Waals surface area (Å²) in [5, 5.41) is 3.44. The number of nitrogens with zero attached hydrogens (tertiary/aromatic N) is 2. The van der Waals surface area contributed by atoms with Gasteiger partial charge >= 0.3 is 0 Å². The smallest absolute Gasteiger partial charge is 0.233 e. The Bertz CT molecular complexity index is 785. The Morgan fingerprint density at radius 3 is 2.41 bits per heavy atom. The fraction of sp³-hybridized carbons (Fsp3) is 0.571. The Hall–Kier alpha value is -2.12. The van der Waals surface area contributed by atoms with Crippen LogP contribution in [0.5, 0.6) is 0 Å². The van der Waals surface area contributed by atoms with Crippen LogP contribution >= 0.6 is 11.6 Å². The summed E-state index contributed by atoms with van der Waals surface area (Å²) < 4.78 is 5.40. The Morgan fingerprint density at radius 1 is 1.10 bits per heavy atom. The summed E-state index contributed by atoms with van der Waals surface area (Å²) in [7, 11) is 0. The maximum atomic E-state index is 12.6. The Labute approximate surface area is 175 Å². The molecule has 0 aromatic heterocycles. The van der Waals surface area contributed by atoms with E-state index in [9.17, 15) is 14.4 Å². The predicted molar refractivity (Wildman–Crippen MR) is 110 cm³/mol. The third-order valence-electron chi connectivity index (χ3n) is 6.08. The highest BCUT2D eigenvalue weighted by Gasteiger charge is 2.47. The molecule has 1 aromatic rings. The van der Waals surface area contributed by atoms with E-state index < -0.39 is 0 Å². The topological polar surface area (TPSA) is 79.0 Å². The van der Waals surface area contributed by atoms with E-state index in [1.807, 2.05) is 6.07 Å². The van der Waals surface area contributed by atoms with Gasteiger partial charge in [0.25, 0.3) is 0 Å². The van der Waals surface area contributed by atoms with Crippen LogP contribution in [0, 0.1) is 11.8 Å². The van der Waals surface area contributed by atoms with Gasteiger partial charge in [-0.3, -0.25) is 19.3 Å². The summed E-state index contributed by atoms with van der Waals surface area (Å²) in [6, 6.07) is 5.41. The molecule has 3 aliphatic rings. The van der Waals surface area contributed by atoms with Crippen molar-refractivity contribution in [2.75, 3.05) is 43.1 Å². The molecule has 0 radical (unpaired) electrons. The molecule has 2 aliphatic heterocycles. The highest BCUT2D eigenvalue weighted by Crippen LogP contribution is 2.38. The molecule has 1 saturated carbocycles. The van der Waals surface area contributed by atoms with Crippen LogP contribution in [0.2, 0.25) is 5.02 Å². The molecule has 2 saturated heterocycles. The number of rotatable bonds is 5. The first kappa shape index (κ1) is 20.2. The molecule has 0 spiro atoms. The number of morpholine rings is 1. The molecule has 3 amide bonds. The molecule has 7 nitrogen and oxygen atoms in total.